The summed E-state index contributed by atoms with van der Waals surface area (Å²) in [5.74, 6) is -0.678. The van der Waals surface area contributed by atoms with Crippen molar-refractivity contribution in [2.45, 2.75) is 19.4 Å². The Morgan fingerprint density at radius 2 is 1.67 bits per heavy atom. The summed E-state index contributed by atoms with van der Waals surface area (Å²) < 4.78 is 5.73. The Hall–Kier alpha value is -3.85. The zero-order valence-corrected chi connectivity index (χ0v) is 24.7. The number of hydrogen-bond donors (Lipinski definition) is 1. The van der Waals surface area contributed by atoms with Gasteiger partial charge in [0.2, 0.25) is 5.95 Å². The molecule has 0 aliphatic carbocycles. The molecular weight excluding hydrogens is 599 g/mol. The van der Waals surface area contributed by atoms with Crippen molar-refractivity contribution in [3.05, 3.63) is 116 Å². The maximum atomic E-state index is 13.8. The van der Waals surface area contributed by atoms with Gasteiger partial charge >= 0.3 is 5.97 Å². The van der Waals surface area contributed by atoms with Crippen molar-refractivity contribution in [2.24, 2.45) is 0 Å². The van der Waals surface area contributed by atoms with Crippen LogP contribution in [0.5, 0.6) is 5.75 Å². The largest absolute Gasteiger partial charge is 0.492 e. The smallest absolute Gasteiger partial charge is 0.323 e. The molecule has 42 heavy (non-hydrogen) atoms. The second-order valence-corrected chi connectivity index (χ2v) is 11.0. The molecule has 8 nitrogen and oxygen atoms in total. The van der Waals surface area contributed by atoms with Gasteiger partial charge < -0.3 is 19.6 Å². The Morgan fingerprint density at radius 1 is 0.952 bits per heavy atom. The maximum absolute atomic E-state index is 13.8. The lowest BCUT2D eigenvalue weighted by atomic mass is 10.0. The van der Waals surface area contributed by atoms with Crippen LogP contribution in [0.25, 0.3) is 0 Å². The summed E-state index contributed by atoms with van der Waals surface area (Å²) >= 11 is 18.9. The average Bonchev–Trinajstić information content (AvgIpc) is 2.98. The van der Waals surface area contributed by atoms with Crippen molar-refractivity contribution < 1.29 is 19.4 Å². The monoisotopic (exact) mass is 624 g/mol. The molecule has 4 aromatic rings. The molecule has 216 valence electrons. The molecule has 2 heterocycles. The third-order valence-electron chi connectivity index (χ3n) is 6.96. The van der Waals surface area contributed by atoms with Gasteiger partial charge in [-0.25, -0.2) is 9.97 Å². The number of carbonyl (C=O) groups excluding carboxylic acids is 1. The quantitative estimate of drug-likeness (QED) is 0.224. The van der Waals surface area contributed by atoms with E-state index in [9.17, 15) is 14.7 Å². The molecule has 0 atom stereocenters. The molecule has 1 N–H and O–H groups in total. The first kappa shape index (κ1) is 29.6. The molecule has 1 aliphatic heterocycles. The fourth-order valence-corrected chi connectivity index (χ4v) is 5.46. The molecule has 0 saturated heterocycles. The van der Waals surface area contributed by atoms with Crippen molar-refractivity contribution in [1.82, 2.24) is 14.9 Å². The fraction of sp³-hybridized carbons (Fsp3) is 0.226. The molecule has 3 aromatic carbocycles. The van der Waals surface area contributed by atoms with E-state index in [1.807, 2.05) is 12.1 Å². The number of amides is 1. The van der Waals surface area contributed by atoms with Gasteiger partial charge in [0.1, 0.15) is 18.9 Å². The number of aromatic nitrogens is 2. The number of carboxylic acids is 1. The average molecular weight is 626 g/mol. The Bertz CT molecular complexity index is 1580. The molecule has 1 amide bonds. The standard InChI is InChI=1S/C31H27Cl3N4O4/c32-22-8-10-23(11-9-22)42-15-14-37(19-29(39)40)30(41)25-17-35-31(38-13-12-20-4-1-2-5-21(20)18-38)36-28(25)16-24-26(33)6-3-7-27(24)34/h1-11,17H,12-16,18-19H2,(H,39,40). The van der Waals surface area contributed by atoms with Gasteiger partial charge in [0.25, 0.3) is 5.91 Å². The molecule has 5 rings (SSSR count). The Balaban J connectivity index is 1.44. The van der Waals surface area contributed by atoms with Gasteiger partial charge in [-0.2, -0.15) is 0 Å². The van der Waals surface area contributed by atoms with Crippen molar-refractivity contribution in [3.63, 3.8) is 0 Å². The van der Waals surface area contributed by atoms with Crippen LogP contribution in [0.15, 0.2) is 72.9 Å². The lowest BCUT2D eigenvalue weighted by molar-refractivity contribution is -0.137. The number of rotatable bonds is 10. The highest BCUT2D eigenvalue weighted by molar-refractivity contribution is 6.36. The first-order valence-electron chi connectivity index (χ1n) is 13.3. The normalized spacial score (nSPS) is 12.5. The van der Waals surface area contributed by atoms with Gasteiger partial charge in [-0.15, -0.1) is 0 Å². The molecule has 0 saturated carbocycles. The van der Waals surface area contributed by atoms with Crippen molar-refractivity contribution >= 4 is 52.6 Å². The van der Waals surface area contributed by atoms with Crippen LogP contribution < -0.4 is 9.64 Å². The second kappa shape index (κ2) is 13.4. The highest BCUT2D eigenvalue weighted by atomic mass is 35.5. The summed E-state index contributed by atoms with van der Waals surface area (Å²) in [6.07, 6.45) is 2.45. The zero-order chi connectivity index (χ0) is 29.6. The molecule has 0 fully saturated rings. The van der Waals surface area contributed by atoms with Crippen LogP contribution in [-0.4, -0.2) is 58.1 Å². The number of halogens is 3. The van der Waals surface area contributed by atoms with E-state index >= 15 is 0 Å². The van der Waals surface area contributed by atoms with Crippen LogP contribution in [0.3, 0.4) is 0 Å². The van der Waals surface area contributed by atoms with Crippen molar-refractivity contribution in [3.8, 4) is 5.75 Å². The Kier molecular flexibility index (Phi) is 9.47. The van der Waals surface area contributed by atoms with E-state index in [-0.39, 0.29) is 25.1 Å². The van der Waals surface area contributed by atoms with Crippen LogP contribution in [0.1, 0.15) is 32.7 Å². The summed E-state index contributed by atoms with van der Waals surface area (Å²) in [5.41, 5.74) is 3.65. The highest BCUT2D eigenvalue weighted by Gasteiger charge is 2.26. The fourth-order valence-electron chi connectivity index (χ4n) is 4.80. The van der Waals surface area contributed by atoms with Gasteiger partial charge in [0.05, 0.1) is 17.8 Å². The van der Waals surface area contributed by atoms with E-state index in [2.05, 4.69) is 22.0 Å². The summed E-state index contributed by atoms with van der Waals surface area (Å²) in [6, 6.07) is 20.2. The van der Waals surface area contributed by atoms with Crippen molar-refractivity contribution in [2.75, 3.05) is 31.1 Å². The molecule has 0 spiro atoms. The van der Waals surface area contributed by atoms with E-state index in [1.165, 1.54) is 22.2 Å². The third kappa shape index (κ3) is 7.13. The second-order valence-electron chi connectivity index (χ2n) is 9.77. The molecule has 1 aromatic heterocycles. The lowest BCUT2D eigenvalue weighted by Gasteiger charge is -2.29. The number of nitrogens with zero attached hydrogens (tertiary/aromatic N) is 4. The number of benzene rings is 3. The molecule has 1 aliphatic rings. The summed E-state index contributed by atoms with van der Waals surface area (Å²) in [4.78, 5) is 38.2. The number of anilines is 1. The molecule has 11 heteroatoms. The highest BCUT2D eigenvalue weighted by Crippen LogP contribution is 2.29. The van der Waals surface area contributed by atoms with E-state index in [0.29, 0.717) is 51.1 Å². The number of hydrogen-bond acceptors (Lipinski definition) is 6. The predicted octanol–water partition coefficient (Wildman–Crippen LogP) is 6.20. The maximum Gasteiger partial charge on any atom is 0.323 e. The van der Waals surface area contributed by atoms with E-state index in [1.54, 1.807) is 42.5 Å². The summed E-state index contributed by atoms with van der Waals surface area (Å²) in [6.45, 7) is 0.898. The van der Waals surface area contributed by atoms with Gasteiger partial charge in [0, 0.05) is 40.8 Å². The van der Waals surface area contributed by atoms with Crippen LogP contribution in [0, 0.1) is 0 Å². The molecule has 0 unspecified atom stereocenters. The Morgan fingerprint density at radius 3 is 2.38 bits per heavy atom. The SMILES string of the molecule is O=C(O)CN(CCOc1ccc(Cl)cc1)C(=O)c1cnc(N2CCc3ccccc3C2)nc1Cc1c(Cl)cccc1Cl. The third-order valence-corrected chi connectivity index (χ3v) is 7.92. The van der Waals surface area contributed by atoms with Crippen LogP contribution >= 0.6 is 34.8 Å². The number of carboxylic acid groups (broad SMARTS) is 1. The van der Waals surface area contributed by atoms with Gasteiger partial charge in [0.15, 0.2) is 0 Å². The van der Waals surface area contributed by atoms with Gasteiger partial charge in [-0.05, 0) is 59.5 Å². The predicted molar refractivity (Wildman–Crippen MR) is 163 cm³/mol. The topological polar surface area (TPSA) is 95.9 Å². The number of ether oxygens (including phenoxy) is 1. The Labute approximate surface area is 258 Å². The molecule has 0 bridgehead atoms. The van der Waals surface area contributed by atoms with E-state index < -0.39 is 18.4 Å². The molecular formula is C31H27Cl3N4O4. The van der Waals surface area contributed by atoms with Crippen LogP contribution in [0.2, 0.25) is 15.1 Å². The lowest BCUT2D eigenvalue weighted by Crippen LogP contribution is -2.39. The van der Waals surface area contributed by atoms with Crippen LogP contribution in [0.4, 0.5) is 5.95 Å². The number of fused-ring (bicyclic) bond motifs is 1. The minimum Gasteiger partial charge on any atom is -0.492 e. The van der Waals surface area contributed by atoms with Crippen molar-refractivity contribution in [1.29, 1.82) is 0 Å². The first-order chi connectivity index (χ1) is 20.3. The summed E-state index contributed by atoms with van der Waals surface area (Å²) in [7, 11) is 0. The van der Waals surface area contributed by atoms with E-state index in [4.69, 9.17) is 44.5 Å². The van der Waals surface area contributed by atoms with E-state index in [0.717, 1.165) is 6.42 Å². The first-order valence-corrected chi connectivity index (χ1v) is 14.4. The molecule has 0 radical (unpaired) electrons. The zero-order valence-electron chi connectivity index (χ0n) is 22.5. The minimum atomic E-state index is -1.16. The van der Waals surface area contributed by atoms with Crippen LogP contribution in [-0.2, 0) is 24.2 Å². The number of aliphatic carboxylic acids is 1. The number of carbonyl (C=O) groups is 2. The van der Waals surface area contributed by atoms with Gasteiger partial charge in [-0.3, -0.25) is 9.59 Å². The summed E-state index contributed by atoms with van der Waals surface area (Å²) in [5, 5.41) is 11.0. The van der Waals surface area contributed by atoms with Gasteiger partial charge in [-0.1, -0.05) is 65.1 Å². The minimum absolute atomic E-state index is 0.0186.